The van der Waals surface area contributed by atoms with Crippen LogP contribution in [0.15, 0.2) is 47.4 Å². The number of sulfonamides is 1. The summed E-state index contributed by atoms with van der Waals surface area (Å²) in [5.74, 6) is 0.331. The molecule has 0 aliphatic rings. The van der Waals surface area contributed by atoms with E-state index in [1.54, 1.807) is 32.2 Å². The monoisotopic (exact) mass is 486 g/mol. The fourth-order valence-electron chi connectivity index (χ4n) is 2.92. The van der Waals surface area contributed by atoms with E-state index in [4.69, 9.17) is 9.47 Å². The summed E-state index contributed by atoms with van der Waals surface area (Å²) in [7, 11) is -2.20. The quantitative estimate of drug-likeness (QED) is 0.466. The molecule has 1 N–H and O–H groups in total. The summed E-state index contributed by atoms with van der Waals surface area (Å²) in [5.41, 5.74) is 0.644. The van der Waals surface area contributed by atoms with Crippen molar-refractivity contribution in [1.29, 1.82) is 0 Å². The van der Waals surface area contributed by atoms with E-state index in [0.29, 0.717) is 17.9 Å². The van der Waals surface area contributed by atoms with Crippen molar-refractivity contribution in [1.82, 2.24) is 9.62 Å². The summed E-state index contributed by atoms with van der Waals surface area (Å²) < 4.78 is 67.3. The van der Waals surface area contributed by atoms with Crippen LogP contribution in [-0.4, -0.2) is 52.6 Å². The minimum Gasteiger partial charge on any atom is -0.494 e. The van der Waals surface area contributed by atoms with E-state index in [1.165, 1.54) is 29.2 Å². The first-order valence-electron chi connectivity index (χ1n) is 10.3. The van der Waals surface area contributed by atoms with E-state index in [1.807, 2.05) is 6.92 Å². The number of nitrogens with one attached hydrogen (secondary N) is 1. The maximum absolute atomic E-state index is 12.5. The van der Waals surface area contributed by atoms with E-state index in [-0.39, 0.29) is 48.4 Å². The molecule has 0 heterocycles. The number of rotatable bonds is 13. The van der Waals surface area contributed by atoms with E-state index in [2.05, 4.69) is 9.46 Å². The number of hydrogen-bond acceptors (Lipinski definition) is 6. The van der Waals surface area contributed by atoms with Crippen molar-refractivity contribution in [3.8, 4) is 17.2 Å². The lowest BCUT2D eigenvalue weighted by Gasteiger charge is -2.19. The number of nitrogens with zero attached hydrogens (tertiary/aromatic N) is 1. The van der Waals surface area contributed by atoms with E-state index < -0.39 is 16.6 Å². The Balaban J connectivity index is 1.91. The second-order valence-electron chi connectivity index (χ2n) is 6.89. The van der Waals surface area contributed by atoms with Gasteiger partial charge in [-0.05, 0) is 55.8 Å². The lowest BCUT2D eigenvalue weighted by atomic mass is 10.2. The van der Waals surface area contributed by atoms with Crippen molar-refractivity contribution < 1.29 is 36.2 Å². The van der Waals surface area contributed by atoms with Gasteiger partial charge in [0.05, 0.1) is 18.1 Å². The first kappa shape index (κ1) is 26.3. The van der Waals surface area contributed by atoms with Crippen LogP contribution in [0, 0.1) is 0 Å². The Kier molecular flexibility index (Phi) is 9.86. The third-order valence-electron chi connectivity index (χ3n) is 4.45. The zero-order chi connectivity index (χ0) is 24.4. The van der Waals surface area contributed by atoms with Crippen LogP contribution >= 0.6 is 0 Å². The largest absolute Gasteiger partial charge is 0.494 e. The Morgan fingerprint density at radius 3 is 2.30 bits per heavy atom. The topological polar surface area (TPSA) is 94.2 Å². The summed E-state index contributed by atoms with van der Waals surface area (Å²) in [6.07, 6.45) is -0.0579. The Morgan fingerprint density at radius 2 is 1.70 bits per heavy atom. The summed E-state index contributed by atoms with van der Waals surface area (Å²) in [6, 6.07) is 10.4. The third kappa shape index (κ3) is 8.17. The first-order chi connectivity index (χ1) is 15.7. The first-order valence-corrected chi connectivity index (χ1v) is 11.8. The average Bonchev–Trinajstić information content (AvgIpc) is 2.76. The van der Waals surface area contributed by atoms with E-state index in [0.717, 1.165) is 0 Å². The van der Waals surface area contributed by atoms with Gasteiger partial charge in [-0.2, -0.15) is 8.78 Å². The molecule has 33 heavy (non-hydrogen) atoms. The molecule has 2 aromatic carbocycles. The number of carbonyl (C=O) groups is 1. The van der Waals surface area contributed by atoms with Gasteiger partial charge < -0.3 is 19.1 Å². The Bertz CT molecular complexity index is 1020. The highest BCUT2D eigenvalue weighted by Crippen LogP contribution is 2.30. The number of ether oxygens (including phenoxy) is 3. The fraction of sp³-hybridized carbons (Fsp3) is 0.409. The zero-order valence-corrected chi connectivity index (χ0v) is 19.5. The molecule has 0 fully saturated rings. The molecule has 2 rings (SSSR count). The molecule has 0 radical (unpaired) electrons. The second kappa shape index (κ2) is 12.4. The summed E-state index contributed by atoms with van der Waals surface area (Å²) in [6.45, 7) is 1.39. The highest BCUT2D eigenvalue weighted by molar-refractivity contribution is 7.89. The number of alkyl halides is 2. The van der Waals surface area contributed by atoms with Crippen molar-refractivity contribution in [2.24, 2.45) is 0 Å². The van der Waals surface area contributed by atoms with Crippen molar-refractivity contribution in [3.05, 3.63) is 48.0 Å². The molecule has 2 aromatic rings. The van der Waals surface area contributed by atoms with Gasteiger partial charge in [0.15, 0.2) is 11.5 Å². The number of halogens is 2. The predicted octanol–water partition coefficient (Wildman–Crippen LogP) is 3.41. The van der Waals surface area contributed by atoms with Crippen molar-refractivity contribution in [2.75, 3.05) is 26.8 Å². The summed E-state index contributed by atoms with van der Waals surface area (Å²) in [5, 5.41) is 0. The SMILES string of the molecule is CCOc1ccc(S(=O)(=O)NCCC(=O)N(C)Cc2ccc(OC(F)F)c(OCC)c2)cc1. The van der Waals surface area contributed by atoms with Gasteiger partial charge in [0.1, 0.15) is 5.75 Å². The standard InChI is InChI=1S/C22H28F2N2O6S/c1-4-30-17-7-9-18(10-8-17)33(28,29)25-13-12-21(27)26(3)15-16-6-11-19(32-22(23)24)20(14-16)31-5-2/h6-11,14,22,25H,4-5,12-13,15H2,1-3H3. The average molecular weight is 487 g/mol. The summed E-state index contributed by atoms with van der Waals surface area (Å²) in [4.78, 5) is 13.9. The van der Waals surface area contributed by atoms with Crippen molar-refractivity contribution in [2.45, 2.75) is 38.3 Å². The molecule has 0 aliphatic carbocycles. The highest BCUT2D eigenvalue weighted by Gasteiger charge is 2.17. The number of amides is 1. The molecule has 0 saturated carbocycles. The minimum absolute atomic E-state index is 0.0579. The molecule has 0 aromatic heterocycles. The lowest BCUT2D eigenvalue weighted by molar-refractivity contribution is -0.130. The van der Waals surface area contributed by atoms with Gasteiger partial charge in [0.2, 0.25) is 15.9 Å². The van der Waals surface area contributed by atoms with Crippen LogP contribution in [0.1, 0.15) is 25.8 Å². The molecule has 0 atom stereocenters. The molecular formula is C22H28F2N2O6S. The van der Waals surface area contributed by atoms with Crippen LogP contribution in [0.4, 0.5) is 8.78 Å². The number of hydrogen-bond donors (Lipinski definition) is 1. The molecule has 0 bridgehead atoms. The molecule has 0 spiro atoms. The smallest absolute Gasteiger partial charge is 0.387 e. The minimum atomic E-state index is -3.77. The fourth-order valence-corrected chi connectivity index (χ4v) is 3.95. The van der Waals surface area contributed by atoms with Crippen LogP contribution < -0.4 is 18.9 Å². The molecular weight excluding hydrogens is 458 g/mol. The van der Waals surface area contributed by atoms with Crippen molar-refractivity contribution >= 4 is 15.9 Å². The zero-order valence-electron chi connectivity index (χ0n) is 18.7. The van der Waals surface area contributed by atoms with Crippen LogP contribution in [0.25, 0.3) is 0 Å². The second-order valence-corrected chi connectivity index (χ2v) is 8.66. The molecule has 1 amide bonds. The molecule has 0 saturated heterocycles. The van der Waals surface area contributed by atoms with Gasteiger partial charge >= 0.3 is 6.61 Å². The number of benzene rings is 2. The third-order valence-corrected chi connectivity index (χ3v) is 5.92. The van der Waals surface area contributed by atoms with Gasteiger partial charge in [-0.25, -0.2) is 13.1 Å². The summed E-state index contributed by atoms with van der Waals surface area (Å²) >= 11 is 0. The molecule has 11 heteroatoms. The molecule has 0 aliphatic heterocycles. The maximum atomic E-state index is 12.5. The van der Waals surface area contributed by atoms with Crippen LogP contribution in [-0.2, 0) is 21.4 Å². The molecule has 0 unspecified atom stereocenters. The predicted molar refractivity (Wildman–Crippen MR) is 118 cm³/mol. The Labute approximate surface area is 192 Å². The lowest BCUT2D eigenvalue weighted by Crippen LogP contribution is -2.32. The van der Waals surface area contributed by atoms with Crippen molar-refractivity contribution in [3.63, 3.8) is 0 Å². The molecule has 182 valence electrons. The van der Waals surface area contributed by atoms with Crippen LogP contribution in [0.2, 0.25) is 0 Å². The van der Waals surface area contributed by atoms with Crippen LogP contribution in [0.5, 0.6) is 17.2 Å². The van der Waals surface area contributed by atoms with Gasteiger partial charge in [0.25, 0.3) is 0 Å². The number of carbonyl (C=O) groups excluding carboxylic acids is 1. The maximum Gasteiger partial charge on any atom is 0.387 e. The Morgan fingerprint density at radius 1 is 1.03 bits per heavy atom. The van der Waals surface area contributed by atoms with E-state index in [9.17, 15) is 22.0 Å². The van der Waals surface area contributed by atoms with Crippen LogP contribution in [0.3, 0.4) is 0 Å². The van der Waals surface area contributed by atoms with Gasteiger partial charge in [-0.1, -0.05) is 6.07 Å². The highest BCUT2D eigenvalue weighted by atomic mass is 32.2. The molecule has 8 nitrogen and oxygen atoms in total. The Hall–Kier alpha value is -2.92. The van der Waals surface area contributed by atoms with Gasteiger partial charge in [-0.15, -0.1) is 0 Å². The van der Waals surface area contributed by atoms with Gasteiger partial charge in [-0.3, -0.25) is 4.79 Å². The van der Waals surface area contributed by atoms with Gasteiger partial charge in [0, 0.05) is 26.6 Å². The van der Waals surface area contributed by atoms with E-state index >= 15 is 0 Å². The normalized spacial score (nSPS) is 11.3.